The van der Waals surface area contributed by atoms with Crippen LogP contribution < -0.4 is 15.5 Å². The number of rotatable bonds is 10. The molecule has 0 spiro atoms. The van der Waals surface area contributed by atoms with Crippen LogP contribution in [0.15, 0.2) is 40.7 Å². The van der Waals surface area contributed by atoms with Crippen molar-refractivity contribution in [2.24, 2.45) is 10.9 Å². The summed E-state index contributed by atoms with van der Waals surface area (Å²) < 4.78 is 0. The molecule has 3 rings (SSSR count). The Bertz CT molecular complexity index is 787. The van der Waals surface area contributed by atoms with Gasteiger partial charge in [-0.1, -0.05) is 30.3 Å². The summed E-state index contributed by atoms with van der Waals surface area (Å²) in [5.74, 6) is 1.70. The van der Waals surface area contributed by atoms with E-state index < -0.39 is 0 Å². The van der Waals surface area contributed by atoms with Gasteiger partial charge in [-0.3, -0.25) is 4.99 Å². The summed E-state index contributed by atoms with van der Waals surface area (Å²) in [6.07, 6.45) is 6.28. The average molecular weight is 571 g/mol. The van der Waals surface area contributed by atoms with E-state index in [1.165, 1.54) is 50.9 Å². The first kappa shape index (κ1) is 26.9. The summed E-state index contributed by atoms with van der Waals surface area (Å²) in [6, 6.07) is 10.9. The first-order valence-electron chi connectivity index (χ1n) is 11.5. The molecule has 178 valence electrons. The second kappa shape index (κ2) is 14.7. The van der Waals surface area contributed by atoms with E-state index in [-0.39, 0.29) is 24.0 Å². The van der Waals surface area contributed by atoms with E-state index in [2.05, 4.69) is 61.2 Å². The van der Waals surface area contributed by atoms with Crippen molar-refractivity contribution >= 4 is 46.4 Å². The lowest BCUT2D eigenvalue weighted by Crippen LogP contribution is -2.38. The highest BCUT2D eigenvalue weighted by Gasteiger charge is 2.18. The minimum absolute atomic E-state index is 0. The van der Waals surface area contributed by atoms with Crippen molar-refractivity contribution in [3.63, 3.8) is 0 Å². The van der Waals surface area contributed by atoms with Crippen LogP contribution in [-0.2, 0) is 13.0 Å². The van der Waals surface area contributed by atoms with Gasteiger partial charge >= 0.3 is 0 Å². The molecule has 0 saturated carbocycles. The number of hydrogen-bond acceptors (Lipinski definition) is 5. The minimum Gasteiger partial charge on any atom is -0.356 e. The van der Waals surface area contributed by atoms with Crippen LogP contribution >= 0.6 is 35.3 Å². The maximum Gasteiger partial charge on any atom is 0.191 e. The van der Waals surface area contributed by atoms with Gasteiger partial charge in [-0.25, -0.2) is 4.98 Å². The third-order valence-electron chi connectivity index (χ3n) is 5.85. The molecule has 1 aromatic heterocycles. The third kappa shape index (κ3) is 9.23. The van der Waals surface area contributed by atoms with Crippen LogP contribution in [0.3, 0.4) is 0 Å². The molecule has 0 bridgehead atoms. The molecule has 0 amide bonds. The van der Waals surface area contributed by atoms with Crippen molar-refractivity contribution in [1.82, 2.24) is 20.5 Å². The number of unbranched alkanes of at least 4 members (excludes halogenated alkanes) is 1. The quantitative estimate of drug-likeness (QED) is 0.194. The zero-order valence-corrected chi connectivity index (χ0v) is 22.9. The maximum atomic E-state index is 4.60. The summed E-state index contributed by atoms with van der Waals surface area (Å²) in [7, 11) is 5.86. The fraction of sp³-hybridized carbons (Fsp3) is 0.583. The van der Waals surface area contributed by atoms with E-state index in [9.17, 15) is 0 Å². The van der Waals surface area contributed by atoms with Crippen LogP contribution in [0.4, 0.5) is 5.13 Å². The monoisotopic (exact) mass is 570 g/mol. The van der Waals surface area contributed by atoms with Gasteiger partial charge in [0.05, 0.1) is 12.2 Å². The molecule has 1 saturated heterocycles. The molecule has 0 radical (unpaired) electrons. The molecular formula is C24H39IN6S. The Morgan fingerprint density at radius 2 is 1.91 bits per heavy atom. The first-order chi connectivity index (χ1) is 15.1. The normalized spacial score (nSPS) is 15.3. The zero-order chi connectivity index (χ0) is 21.9. The summed E-state index contributed by atoms with van der Waals surface area (Å²) >= 11 is 1.66. The fourth-order valence-electron chi connectivity index (χ4n) is 4.01. The highest BCUT2D eigenvalue weighted by atomic mass is 127. The topological polar surface area (TPSA) is 55.8 Å². The number of hydrogen-bond donors (Lipinski definition) is 2. The number of anilines is 1. The number of thiazole rings is 1. The van der Waals surface area contributed by atoms with Crippen molar-refractivity contribution in [3.05, 3.63) is 47.0 Å². The number of nitrogens with one attached hydrogen (secondary N) is 2. The van der Waals surface area contributed by atoms with Crippen LogP contribution in [0.25, 0.3) is 0 Å². The SMILES string of the molecule is CN=C(NCCCCN1CCC(Cc2ccccc2)CC1)NCc1csc(N(C)C)n1.I. The second-order valence-corrected chi connectivity index (χ2v) is 9.39. The van der Waals surface area contributed by atoms with E-state index in [4.69, 9.17) is 0 Å². The van der Waals surface area contributed by atoms with Crippen LogP contribution in [0.5, 0.6) is 0 Å². The van der Waals surface area contributed by atoms with Crippen molar-refractivity contribution in [2.75, 3.05) is 52.2 Å². The molecule has 2 aromatic rings. The second-order valence-electron chi connectivity index (χ2n) is 8.55. The Morgan fingerprint density at radius 3 is 2.56 bits per heavy atom. The van der Waals surface area contributed by atoms with Crippen LogP contribution in [-0.4, -0.2) is 63.2 Å². The summed E-state index contributed by atoms with van der Waals surface area (Å²) in [5.41, 5.74) is 2.54. The number of likely N-dealkylation sites (tertiary alicyclic amines) is 1. The van der Waals surface area contributed by atoms with E-state index in [0.717, 1.165) is 35.7 Å². The lowest BCUT2D eigenvalue weighted by atomic mass is 9.90. The summed E-state index contributed by atoms with van der Waals surface area (Å²) in [5, 5.41) is 9.91. The maximum absolute atomic E-state index is 4.60. The largest absolute Gasteiger partial charge is 0.356 e. The van der Waals surface area contributed by atoms with Crippen molar-refractivity contribution < 1.29 is 0 Å². The van der Waals surface area contributed by atoms with Gasteiger partial charge in [0.15, 0.2) is 11.1 Å². The molecule has 6 nitrogen and oxygen atoms in total. The molecule has 8 heteroatoms. The van der Waals surface area contributed by atoms with Gasteiger partial charge in [-0.15, -0.1) is 35.3 Å². The third-order valence-corrected chi connectivity index (χ3v) is 6.91. The van der Waals surface area contributed by atoms with Gasteiger partial charge < -0.3 is 20.4 Å². The molecule has 1 fully saturated rings. The minimum atomic E-state index is 0. The number of benzene rings is 1. The Balaban J connectivity index is 0.00000363. The van der Waals surface area contributed by atoms with Gasteiger partial charge in [0.2, 0.25) is 0 Å². The lowest BCUT2D eigenvalue weighted by molar-refractivity contribution is 0.181. The predicted molar refractivity (Wildman–Crippen MR) is 149 cm³/mol. The molecule has 2 N–H and O–H groups in total. The smallest absolute Gasteiger partial charge is 0.191 e. The van der Waals surface area contributed by atoms with Crippen LogP contribution in [0.2, 0.25) is 0 Å². The van der Waals surface area contributed by atoms with Crippen LogP contribution in [0, 0.1) is 5.92 Å². The van der Waals surface area contributed by atoms with E-state index in [0.29, 0.717) is 6.54 Å². The molecule has 0 atom stereocenters. The molecule has 1 aliphatic heterocycles. The standard InChI is InChI=1S/C24H38N6S.HI/c1-25-23(27-18-22-19-31-24(28-22)29(2)3)26-13-7-8-14-30-15-11-21(12-16-30)17-20-9-5-4-6-10-20;/h4-6,9-10,19,21H,7-8,11-18H2,1-3H3,(H2,25,26,27);1H. The van der Waals surface area contributed by atoms with Crippen molar-refractivity contribution in [3.8, 4) is 0 Å². The first-order valence-corrected chi connectivity index (χ1v) is 12.3. The lowest BCUT2D eigenvalue weighted by Gasteiger charge is -2.32. The number of halogens is 1. The summed E-state index contributed by atoms with van der Waals surface area (Å²) in [6.45, 7) is 5.34. The summed E-state index contributed by atoms with van der Waals surface area (Å²) in [4.78, 5) is 13.6. The fourth-order valence-corrected chi connectivity index (χ4v) is 4.76. The Labute approximate surface area is 214 Å². The molecule has 1 aromatic carbocycles. The van der Waals surface area contributed by atoms with E-state index in [1.807, 2.05) is 26.0 Å². The number of aliphatic imine (C=N–C) groups is 1. The molecule has 2 heterocycles. The highest BCUT2D eigenvalue weighted by molar-refractivity contribution is 14.0. The van der Waals surface area contributed by atoms with Gasteiger partial charge in [0.1, 0.15) is 0 Å². The van der Waals surface area contributed by atoms with E-state index in [1.54, 1.807) is 11.3 Å². The van der Waals surface area contributed by atoms with Crippen molar-refractivity contribution in [1.29, 1.82) is 0 Å². The Kier molecular flexibility index (Phi) is 12.3. The Hall–Kier alpha value is -1.39. The molecular weight excluding hydrogens is 531 g/mol. The number of aromatic nitrogens is 1. The predicted octanol–water partition coefficient (Wildman–Crippen LogP) is 4.23. The number of nitrogens with zero attached hydrogens (tertiary/aromatic N) is 4. The van der Waals surface area contributed by atoms with Crippen LogP contribution in [0.1, 0.15) is 36.9 Å². The highest BCUT2D eigenvalue weighted by Crippen LogP contribution is 2.22. The van der Waals surface area contributed by atoms with Crippen molar-refractivity contribution in [2.45, 2.75) is 38.6 Å². The molecule has 0 aliphatic carbocycles. The number of piperidine rings is 1. The molecule has 0 unspecified atom stereocenters. The number of guanidine groups is 1. The van der Waals surface area contributed by atoms with E-state index >= 15 is 0 Å². The molecule has 1 aliphatic rings. The van der Waals surface area contributed by atoms with Gasteiger partial charge in [-0.2, -0.15) is 0 Å². The average Bonchev–Trinajstić information content (AvgIpc) is 3.27. The van der Waals surface area contributed by atoms with Gasteiger partial charge in [0.25, 0.3) is 0 Å². The van der Waals surface area contributed by atoms with Gasteiger partial charge in [0, 0.05) is 33.1 Å². The Morgan fingerprint density at radius 1 is 1.16 bits per heavy atom. The molecule has 32 heavy (non-hydrogen) atoms. The van der Waals surface area contributed by atoms with Gasteiger partial charge in [-0.05, 0) is 63.2 Å². The zero-order valence-electron chi connectivity index (χ0n) is 19.7.